The normalized spacial score (nSPS) is 11.7. The van der Waals surface area contributed by atoms with Gasteiger partial charge in [-0.1, -0.05) is 43.5 Å². The van der Waals surface area contributed by atoms with Crippen LogP contribution in [0.2, 0.25) is 6.55 Å². The lowest BCUT2D eigenvalue weighted by Crippen LogP contribution is -2.62. The molecule has 0 nitrogen and oxygen atoms in total. The Morgan fingerprint density at radius 2 is 0.812 bits per heavy atom. The molecule has 0 bridgehead atoms. The van der Waals surface area contributed by atoms with Crippen LogP contribution in [0, 0.1) is 58.2 Å². The first-order valence-electron chi connectivity index (χ1n) is 8.65. The minimum atomic E-state index is -5.18. The first kappa shape index (κ1) is 23.6. The lowest BCUT2D eigenvalue weighted by molar-refractivity contribution is 0.382. The second-order valence-electron chi connectivity index (χ2n) is 6.86. The molecule has 3 aromatic carbocycles. The molecule has 0 atom stereocenters. The lowest BCUT2D eigenvalue weighted by Gasteiger charge is -2.32. The Morgan fingerprint density at radius 3 is 1.12 bits per heavy atom. The molecule has 0 fully saturated rings. The highest BCUT2D eigenvalue weighted by atomic mass is 28.3. The molecule has 0 saturated carbocycles. The summed E-state index contributed by atoms with van der Waals surface area (Å²) in [6.45, 7) is 4.17. The van der Waals surface area contributed by atoms with E-state index in [4.69, 9.17) is 0 Å². The maximum absolute atomic E-state index is 14.8. The number of rotatable bonds is 4. The molecule has 0 N–H and O–H groups in total. The van der Waals surface area contributed by atoms with Crippen LogP contribution in [0.15, 0.2) is 36.9 Å². The van der Waals surface area contributed by atoms with Gasteiger partial charge in [0.15, 0.2) is 54.6 Å². The average Bonchev–Trinajstić information content (AvgIpc) is 2.79. The molecule has 0 saturated heterocycles. The van der Waals surface area contributed by atoms with Gasteiger partial charge in [0.1, 0.15) is 0 Å². The largest absolute Gasteiger partial charge is 0.204 e. The summed E-state index contributed by atoms with van der Waals surface area (Å²) in [6.07, 6.45) is 0. The van der Waals surface area contributed by atoms with Crippen LogP contribution < -0.4 is 10.4 Å². The van der Waals surface area contributed by atoms with Gasteiger partial charge in [0, 0.05) is 10.4 Å². The smallest absolute Gasteiger partial charge is 0.200 e. The minimum Gasteiger partial charge on any atom is -0.204 e. The van der Waals surface area contributed by atoms with Crippen molar-refractivity contribution in [2.24, 2.45) is 0 Å². The van der Waals surface area contributed by atoms with Gasteiger partial charge in [-0.25, -0.2) is 43.9 Å². The fourth-order valence-corrected chi connectivity index (χ4v) is 7.24. The van der Waals surface area contributed by atoms with Crippen molar-refractivity contribution in [3.05, 3.63) is 101 Å². The number of benzene rings is 3. The van der Waals surface area contributed by atoms with Crippen LogP contribution in [-0.4, -0.2) is 8.07 Å². The van der Waals surface area contributed by atoms with E-state index in [1.54, 1.807) is 0 Å². The van der Waals surface area contributed by atoms with Gasteiger partial charge in [-0.2, -0.15) is 0 Å². The predicted molar refractivity (Wildman–Crippen MR) is 98.8 cm³/mol. The van der Waals surface area contributed by atoms with Crippen molar-refractivity contribution in [3.8, 4) is 0 Å². The average molecular weight is 480 g/mol. The van der Waals surface area contributed by atoms with Gasteiger partial charge in [-0.05, 0) is 10.8 Å². The predicted octanol–water partition coefficient (Wildman–Crippen LogP) is 5.52. The Hall–Kier alpha value is -3.08. The highest BCUT2D eigenvalue weighted by Gasteiger charge is 2.49. The molecule has 0 aromatic heterocycles. The van der Waals surface area contributed by atoms with E-state index >= 15 is 0 Å². The SMILES string of the molecule is C=C(c1ccccc1)[Si](C)(c1c(F)c(F)c(F)c(F)c1F)c1c(F)c(F)c(F)c(F)c1F. The van der Waals surface area contributed by atoms with E-state index in [-0.39, 0.29) is 5.56 Å². The highest BCUT2D eigenvalue weighted by Crippen LogP contribution is 2.31. The summed E-state index contributed by atoms with van der Waals surface area (Å²) in [7, 11) is -5.18. The van der Waals surface area contributed by atoms with Crippen molar-refractivity contribution < 1.29 is 43.9 Å². The van der Waals surface area contributed by atoms with Crippen LogP contribution in [0.3, 0.4) is 0 Å². The summed E-state index contributed by atoms with van der Waals surface area (Å²) in [4.78, 5) is 0. The van der Waals surface area contributed by atoms with Crippen LogP contribution in [-0.2, 0) is 0 Å². The van der Waals surface area contributed by atoms with Crippen LogP contribution in [0.1, 0.15) is 5.56 Å². The summed E-state index contributed by atoms with van der Waals surface area (Å²) in [5.41, 5.74) is -0.0745. The summed E-state index contributed by atoms with van der Waals surface area (Å²) in [5, 5.41) is -3.97. The highest BCUT2D eigenvalue weighted by molar-refractivity contribution is 7.14. The summed E-state index contributed by atoms with van der Waals surface area (Å²) in [6, 6.07) is 6.63. The zero-order valence-electron chi connectivity index (χ0n) is 15.9. The molecule has 0 aliphatic heterocycles. The number of hydrogen-bond donors (Lipinski definition) is 0. The third-order valence-electron chi connectivity index (χ3n) is 5.15. The molecule has 3 rings (SSSR count). The zero-order chi connectivity index (χ0) is 24.1. The molecule has 0 aliphatic rings. The van der Waals surface area contributed by atoms with E-state index in [1.807, 2.05) is 0 Å². The number of hydrogen-bond acceptors (Lipinski definition) is 0. The molecule has 0 spiro atoms. The fourth-order valence-electron chi connectivity index (χ4n) is 3.44. The van der Waals surface area contributed by atoms with E-state index in [0.717, 1.165) is 0 Å². The zero-order valence-corrected chi connectivity index (χ0v) is 16.9. The Kier molecular flexibility index (Phi) is 5.98. The summed E-state index contributed by atoms with van der Waals surface area (Å²) >= 11 is 0. The van der Waals surface area contributed by atoms with E-state index in [0.29, 0.717) is 6.55 Å². The van der Waals surface area contributed by atoms with Gasteiger partial charge in [-0.3, -0.25) is 0 Å². The van der Waals surface area contributed by atoms with Crippen LogP contribution in [0.25, 0.3) is 5.20 Å². The van der Waals surface area contributed by atoms with E-state index in [9.17, 15) is 43.9 Å². The molecular weight excluding hydrogens is 470 g/mol. The minimum absolute atomic E-state index is 0.0745. The molecule has 168 valence electrons. The van der Waals surface area contributed by atoms with E-state index in [1.165, 1.54) is 30.3 Å². The molecule has 0 radical (unpaired) electrons. The first-order chi connectivity index (χ1) is 14.9. The standard InChI is InChI=1S/C21H10F10Si/c1-8(9-6-4-3-5-7-9)32(2,20-16(28)12(24)10(22)13(25)17(20)29)21-18(30)14(26)11(23)15(27)19(21)31/h3-7H,1H2,2H3. The monoisotopic (exact) mass is 480 g/mol. The van der Waals surface area contributed by atoms with Crippen LogP contribution in [0.5, 0.6) is 0 Å². The molecular formula is C21H10F10Si. The molecule has 0 aliphatic carbocycles. The quantitative estimate of drug-likeness (QED) is 0.200. The molecule has 0 unspecified atom stereocenters. The Morgan fingerprint density at radius 1 is 0.531 bits per heavy atom. The Bertz CT molecular complexity index is 1130. The molecule has 0 heterocycles. The van der Waals surface area contributed by atoms with Gasteiger partial charge < -0.3 is 0 Å². The van der Waals surface area contributed by atoms with Crippen molar-refractivity contribution in [2.75, 3.05) is 0 Å². The van der Waals surface area contributed by atoms with Gasteiger partial charge in [0.25, 0.3) is 0 Å². The lowest BCUT2D eigenvalue weighted by atomic mass is 10.2. The Labute approximate surface area is 175 Å². The topological polar surface area (TPSA) is 0 Å². The molecule has 32 heavy (non-hydrogen) atoms. The van der Waals surface area contributed by atoms with Crippen molar-refractivity contribution in [2.45, 2.75) is 6.55 Å². The Balaban J connectivity index is 2.58. The second kappa shape index (κ2) is 8.12. The summed E-state index contributed by atoms with van der Waals surface area (Å²) in [5.74, 6) is -24.7. The van der Waals surface area contributed by atoms with Gasteiger partial charge in [0.2, 0.25) is 11.6 Å². The third-order valence-corrected chi connectivity index (χ3v) is 9.52. The van der Waals surface area contributed by atoms with Gasteiger partial charge in [0.05, 0.1) is 0 Å². The van der Waals surface area contributed by atoms with Crippen LogP contribution in [0.4, 0.5) is 43.9 Å². The first-order valence-corrected chi connectivity index (χ1v) is 11.2. The molecule has 11 heteroatoms. The van der Waals surface area contributed by atoms with Gasteiger partial charge in [-0.15, -0.1) is 0 Å². The van der Waals surface area contributed by atoms with Crippen molar-refractivity contribution in [1.82, 2.24) is 0 Å². The van der Waals surface area contributed by atoms with E-state index < -0.39 is 81.8 Å². The molecule has 3 aromatic rings. The number of halogens is 10. The summed E-state index contributed by atoms with van der Waals surface area (Å²) < 4.78 is 142. The van der Waals surface area contributed by atoms with Crippen molar-refractivity contribution in [1.29, 1.82) is 0 Å². The van der Waals surface area contributed by atoms with Gasteiger partial charge >= 0.3 is 0 Å². The second-order valence-corrected chi connectivity index (χ2v) is 10.7. The van der Waals surface area contributed by atoms with Crippen LogP contribution >= 0.6 is 0 Å². The van der Waals surface area contributed by atoms with Crippen molar-refractivity contribution in [3.63, 3.8) is 0 Å². The fraction of sp³-hybridized carbons (Fsp3) is 0.0476. The molecule has 0 amide bonds. The third kappa shape index (κ3) is 3.22. The maximum atomic E-state index is 14.8. The van der Waals surface area contributed by atoms with Crippen molar-refractivity contribution >= 4 is 23.6 Å². The van der Waals surface area contributed by atoms with E-state index in [2.05, 4.69) is 6.58 Å². The maximum Gasteiger partial charge on any atom is 0.200 e.